The van der Waals surface area contributed by atoms with E-state index in [0.29, 0.717) is 6.04 Å². The Morgan fingerprint density at radius 3 is 2.47 bits per heavy atom. The van der Waals surface area contributed by atoms with Gasteiger partial charge in [0.25, 0.3) is 0 Å². The van der Waals surface area contributed by atoms with Gasteiger partial charge in [-0.15, -0.1) is 0 Å². The van der Waals surface area contributed by atoms with E-state index >= 15 is 0 Å². The molecular formula is C18H29N. The molecule has 0 radical (unpaired) electrons. The van der Waals surface area contributed by atoms with E-state index in [0.717, 1.165) is 12.0 Å². The SMILES string of the molecule is CC(CC(C)(C)c1ccccc1)NC1CCCC1C. The summed E-state index contributed by atoms with van der Waals surface area (Å²) >= 11 is 0. The van der Waals surface area contributed by atoms with E-state index in [1.165, 1.54) is 31.2 Å². The maximum Gasteiger partial charge on any atom is 0.00951 e. The van der Waals surface area contributed by atoms with Crippen molar-refractivity contribution in [1.29, 1.82) is 0 Å². The van der Waals surface area contributed by atoms with Gasteiger partial charge in [-0.05, 0) is 43.1 Å². The van der Waals surface area contributed by atoms with E-state index in [4.69, 9.17) is 0 Å². The van der Waals surface area contributed by atoms with Crippen LogP contribution in [0.1, 0.15) is 58.9 Å². The van der Waals surface area contributed by atoms with Crippen LogP contribution in [0.5, 0.6) is 0 Å². The summed E-state index contributed by atoms with van der Waals surface area (Å²) in [6, 6.07) is 12.2. The van der Waals surface area contributed by atoms with E-state index in [-0.39, 0.29) is 5.41 Å². The molecule has 3 unspecified atom stereocenters. The van der Waals surface area contributed by atoms with Gasteiger partial charge in [-0.2, -0.15) is 0 Å². The molecule has 106 valence electrons. The Morgan fingerprint density at radius 2 is 1.89 bits per heavy atom. The fourth-order valence-electron chi connectivity index (χ4n) is 3.59. The number of benzene rings is 1. The Kier molecular flexibility index (Phi) is 4.67. The van der Waals surface area contributed by atoms with Crippen molar-refractivity contribution in [3.05, 3.63) is 35.9 Å². The molecule has 1 aromatic rings. The van der Waals surface area contributed by atoms with Crippen molar-refractivity contribution in [2.75, 3.05) is 0 Å². The second-order valence-electron chi connectivity index (χ2n) is 7.04. The molecule has 1 saturated carbocycles. The minimum Gasteiger partial charge on any atom is -0.311 e. The normalized spacial score (nSPS) is 25.5. The third-order valence-corrected chi connectivity index (χ3v) is 4.73. The fraction of sp³-hybridized carbons (Fsp3) is 0.667. The third kappa shape index (κ3) is 3.82. The monoisotopic (exact) mass is 259 g/mol. The standard InChI is InChI=1S/C18H29N/c1-14-9-8-12-17(14)19-15(2)13-18(3,4)16-10-6-5-7-11-16/h5-7,10-11,14-15,17,19H,8-9,12-13H2,1-4H3. The molecule has 1 heteroatoms. The first-order chi connectivity index (χ1) is 8.99. The minimum atomic E-state index is 0.246. The highest BCUT2D eigenvalue weighted by Crippen LogP contribution is 2.30. The highest BCUT2D eigenvalue weighted by atomic mass is 15.0. The summed E-state index contributed by atoms with van der Waals surface area (Å²) in [7, 11) is 0. The van der Waals surface area contributed by atoms with Crippen LogP contribution in [0.15, 0.2) is 30.3 Å². The summed E-state index contributed by atoms with van der Waals surface area (Å²) in [4.78, 5) is 0. The van der Waals surface area contributed by atoms with Crippen LogP contribution in [-0.2, 0) is 5.41 Å². The van der Waals surface area contributed by atoms with Crippen molar-refractivity contribution < 1.29 is 0 Å². The maximum atomic E-state index is 3.85. The Morgan fingerprint density at radius 1 is 1.21 bits per heavy atom. The summed E-state index contributed by atoms with van der Waals surface area (Å²) < 4.78 is 0. The first kappa shape index (κ1) is 14.6. The van der Waals surface area contributed by atoms with Crippen LogP contribution in [-0.4, -0.2) is 12.1 Å². The lowest BCUT2D eigenvalue weighted by Gasteiger charge is -2.31. The van der Waals surface area contributed by atoms with Crippen molar-refractivity contribution in [3.8, 4) is 0 Å². The van der Waals surface area contributed by atoms with Crippen LogP contribution in [0.3, 0.4) is 0 Å². The van der Waals surface area contributed by atoms with Gasteiger partial charge in [0.2, 0.25) is 0 Å². The molecule has 1 aliphatic carbocycles. The van der Waals surface area contributed by atoms with Crippen molar-refractivity contribution in [3.63, 3.8) is 0 Å². The smallest absolute Gasteiger partial charge is 0.00951 e. The van der Waals surface area contributed by atoms with Crippen molar-refractivity contribution >= 4 is 0 Å². The highest BCUT2D eigenvalue weighted by molar-refractivity contribution is 5.23. The first-order valence-electron chi connectivity index (χ1n) is 7.80. The van der Waals surface area contributed by atoms with Gasteiger partial charge < -0.3 is 5.32 Å². The minimum absolute atomic E-state index is 0.246. The van der Waals surface area contributed by atoms with Crippen molar-refractivity contribution in [1.82, 2.24) is 5.32 Å². The number of nitrogens with one attached hydrogen (secondary N) is 1. The predicted octanol–water partition coefficient (Wildman–Crippen LogP) is 4.52. The van der Waals surface area contributed by atoms with Gasteiger partial charge in [0.1, 0.15) is 0 Å². The molecule has 1 fully saturated rings. The highest BCUT2D eigenvalue weighted by Gasteiger charge is 2.28. The Balaban J connectivity index is 1.92. The molecular weight excluding hydrogens is 230 g/mol. The molecule has 19 heavy (non-hydrogen) atoms. The second-order valence-corrected chi connectivity index (χ2v) is 7.04. The molecule has 0 saturated heterocycles. The molecule has 3 atom stereocenters. The molecule has 0 aliphatic heterocycles. The molecule has 2 rings (SSSR count). The van der Waals surface area contributed by atoms with E-state index < -0.39 is 0 Å². The zero-order valence-corrected chi connectivity index (χ0v) is 12.9. The van der Waals surface area contributed by atoms with Gasteiger partial charge in [-0.1, -0.05) is 57.5 Å². The topological polar surface area (TPSA) is 12.0 Å². The molecule has 0 heterocycles. The molecule has 1 N–H and O–H groups in total. The zero-order valence-electron chi connectivity index (χ0n) is 12.9. The van der Waals surface area contributed by atoms with Gasteiger partial charge in [0, 0.05) is 12.1 Å². The molecule has 1 aromatic carbocycles. The third-order valence-electron chi connectivity index (χ3n) is 4.73. The molecule has 1 nitrogen and oxygen atoms in total. The lowest BCUT2D eigenvalue weighted by Crippen LogP contribution is -2.41. The van der Waals surface area contributed by atoms with Gasteiger partial charge in [0.05, 0.1) is 0 Å². The molecule has 1 aliphatic rings. The van der Waals surface area contributed by atoms with Crippen LogP contribution in [0, 0.1) is 5.92 Å². The van der Waals surface area contributed by atoms with Crippen LogP contribution < -0.4 is 5.32 Å². The Hall–Kier alpha value is -0.820. The average Bonchev–Trinajstić information content (AvgIpc) is 2.75. The quantitative estimate of drug-likeness (QED) is 0.819. The first-order valence-corrected chi connectivity index (χ1v) is 7.80. The summed E-state index contributed by atoms with van der Waals surface area (Å²) in [5.74, 6) is 0.849. The summed E-state index contributed by atoms with van der Waals surface area (Å²) in [5.41, 5.74) is 1.69. The number of hydrogen-bond acceptors (Lipinski definition) is 1. The molecule has 0 bridgehead atoms. The van der Waals surface area contributed by atoms with Crippen LogP contribution in [0.4, 0.5) is 0 Å². The van der Waals surface area contributed by atoms with Crippen LogP contribution in [0.25, 0.3) is 0 Å². The summed E-state index contributed by atoms with van der Waals surface area (Å²) in [5, 5.41) is 3.85. The summed E-state index contributed by atoms with van der Waals surface area (Å²) in [6.45, 7) is 9.45. The lowest BCUT2D eigenvalue weighted by molar-refractivity contribution is 0.327. The van der Waals surface area contributed by atoms with E-state index in [1.54, 1.807) is 0 Å². The van der Waals surface area contributed by atoms with Gasteiger partial charge in [-0.3, -0.25) is 0 Å². The lowest BCUT2D eigenvalue weighted by atomic mass is 9.79. The number of rotatable bonds is 5. The van der Waals surface area contributed by atoms with Crippen molar-refractivity contribution in [2.24, 2.45) is 5.92 Å². The summed E-state index contributed by atoms with van der Waals surface area (Å²) in [6.07, 6.45) is 5.34. The van der Waals surface area contributed by atoms with Crippen LogP contribution in [0.2, 0.25) is 0 Å². The molecule has 0 aromatic heterocycles. The zero-order chi connectivity index (χ0) is 13.9. The fourth-order valence-corrected chi connectivity index (χ4v) is 3.59. The Labute approximate surface area is 118 Å². The largest absolute Gasteiger partial charge is 0.311 e. The number of hydrogen-bond donors (Lipinski definition) is 1. The second kappa shape index (κ2) is 6.09. The van der Waals surface area contributed by atoms with E-state index in [2.05, 4.69) is 63.3 Å². The van der Waals surface area contributed by atoms with E-state index in [9.17, 15) is 0 Å². The van der Waals surface area contributed by atoms with Crippen LogP contribution >= 0.6 is 0 Å². The average molecular weight is 259 g/mol. The van der Waals surface area contributed by atoms with Gasteiger partial charge >= 0.3 is 0 Å². The molecule has 0 amide bonds. The van der Waals surface area contributed by atoms with Gasteiger partial charge in [0.15, 0.2) is 0 Å². The maximum absolute atomic E-state index is 3.85. The van der Waals surface area contributed by atoms with E-state index in [1.807, 2.05) is 0 Å². The Bertz CT molecular complexity index is 382. The van der Waals surface area contributed by atoms with Gasteiger partial charge in [-0.25, -0.2) is 0 Å². The van der Waals surface area contributed by atoms with Crippen molar-refractivity contribution in [2.45, 2.75) is 70.9 Å². The predicted molar refractivity (Wildman–Crippen MR) is 83.5 cm³/mol. The molecule has 0 spiro atoms.